The summed E-state index contributed by atoms with van der Waals surface area (Å²) < 4.78 is 21.5. The Morgan fingerprint density at radius 3 is 2.22 bits per heavy atom. The molecule has 184 valence electrons. The van der Waals surface area contributed by atoms with E-state index in [-0.39, 0.29) is 11.6 Å². The second kappa shape index (κ2) is 10.2. The maximum atomic E-state index is 13.3. The van der Waals surface area contributed by atoms with Crippen molar-refractivity contribution in [2.24, 2.45) is 0 Å². The topological polar surface area (TPSA) is 104 Å². The van der Waals surface area contributed by atoms with Gasteiger partial charge in [-0.05, 0) is 43.3 Å². The summed E-state index contributed by atoms with van der Waals surface area (Å²) in [6.07, 6.45) is 0. The number of amides is 1. The van der Waals surface area contributed by atoms with Gasteiger partial charge < -0.3 is 10.1 Å². The lowest BCUT2D eigenvalue weighted by Gasteiger charge is -2.09. The van der Waals surface area contributed by atoms with Gasteiger partial charge in [0, 0.05) is 11.6 Å². The predicted octanol–water partition coefficient (Wildman–Crippen LogP) is 4.36. The maximum Gasteiger partial charge on any atom is 0.378 e. The zero-order chi connectivity index (χ0) is 25.8. The first-order valence-corrected chi connectivity index (χ1v) is 11.4. The highest BCUT2D eigenvalue weighted by Gasteiger charge is 2.21. The molecule has 3 aromatic carbocycles. The number of benzene rings is 3. The lowest BCUT2D eigenvalue weighted by molar-refractivity contribution is -0.119. The minimum absolute atomic E-state index is 0.178. The van der Waals surface area contributed by atoms with Crippen LogP contribution in [0.2, 0.25) is 0 Å². The monoisotopic (exact) mass is 496 g/mol. The Bertz CT molecular complexity index is 1490. The van der Waals surface area contributed by atoms with Gasteiger partial charge in [0.1, 0.15) is 11.6 Å². The van der Waals surface area contributed by atoms with Crippen LogP contribution >= 0.6 is 0 Å². The first-order valence-electron chi connectivity index (χ1n) is 11.4. The van der Waals surface area contributed by atoms with E-state index >= 15 is 0 Å². The fraction of sp³-hybridized carbons (Fsp3) is 0.0741. The summed E-state index contributed by atoms with van der Waals surface area (Å²) in [6, 6.07) is 25.9. The van der Waals surface area contributed by atoms with Gasteiger partial charge in [-0.1, -0.05) is 48.5 Å². The smallest absolute Gasteiger partial charge is 0.378 e. The Balaban J connectivity index is 1.31. The molecule has 1 amide bonds. The number of para-hydroxylation sites is 1. The molecule has 0 radical (unpaired) electrons. The number of esters is 1. The molecule has 2 heterocycles. The fourth-order valence-corrected chi connectivity index (χ4v) is 3.66. The number of aromatic nitrogens is 5. The minimum Gasteiger partial charge on any atom is -0.450 e. The van der Waals surface area contributed by atoms with E-state index < -0.39 is 18.5 Å². The van der Waals surface area contributed by atoms with Crippen LogP contribution in [0.15, 0.2) is 91.0 Å². The molecule has 9 nitrogen and oxygen atoms in total. The quantitative estimate of drug-likeness (QED) is 0.336. The summed E-state index contributed by atoms with van der Waals surface area (Å²) in [5, 5.41) is 11.3. The zero-order valence-corrected chi connectivity index (χ0v) is 19.7. The standard InChI is InChI=1S/C27H21FN6O3/c1-18-16-23(33(31-18)22-14-12-20(28)13-15-22)29-24(35)17-37-27(36)25-30-26(19-8-4-2-5-9-19)34(32-25)21-10-6-3-7-11-21/h2-16H,17H2,1H3,(H,29,35). The highest BCUT2D eigenvalue weighted by molar-refractivity contribution is 5.94. The molecular formula is C27H21FN6O3. The molecular weight excluding hydrogens is 475 g/mol. The first kappa shape index (κ1) is 23.6. The van der Waals surface area contributed by atoms with Crippen LogP contribution in [0.5, 0.6) is 0 Å². The molecule has 0 aliphatic carbocycles. The minimum atomic E-state index is -0.842. The van der Waals surface area contributed by atoms with Crippen molar-refractivity contribution in [2.75, 3.05) is 11.9 Å². The Kier molecular flexibility index (Phi) is 6.54. The van der Waals surface area contributed by atoms with E-state index in [1.807, 2.05) is 60.7 Å². The third-order valence-corrected chi connectivity index (χ3v) is 5.33. The van der Waals surface area contributed by atoms with E-state index in [2.05, 4.69) is 20.5 Å². The van der Waals surface area contributed by atoms with Crippen molar-refractivity contribution in [3.05, 3.63) is 108 Å². The molecule has 0 fully saturated rings. The molecule has 1 N–H and O–H groups in total. The molecule has 0 aliphatic rings. The summed E-state index contributed by atoms with van der Waals surface area (Å²) in [6.45, 7) is 1.20. The highest BCUT2D eigenvalue weighted by Crippen LogP contribution is 2.21. The van der Waals surface area contributed by atoms with E-state index in [9.17, 15) is 14.0 Å². The van der Waals surface area contributed by atoms with Crippen molar-refractivity contribution in [2.45, 2.75) is 6.92 Å². The number of carbonyl (C=O) groups is 2. The summed E-state index contributed by atoms with van der Waals surface area (Å²) >= 11 is 0. The van der Waals surface area contributed by atoms with Gasteiger partial charge in [-0.3, -0.25) is 4.79 Å². The van der Waals surface area contributed by atoms with Crippen LogP contribution in [0.3, 0.4) is 0 Å². The number of rotatable bonds is 7. The first-order chi connectivity index (χ1) is 18.0. The number of nitrogens with zero attached hydrogens (tertiary/aromatic N) is 5. The fourth-order valence-electron chi connectivity index (χ4n) is 3.66. The average Bonchev–Trinajstić information content (AvgIpc) is 3.53. The number of hydrogen-bond donors (Lipinski definition) is 1. The summed E-state index contributed by atoms with van der Waals surface area (Å²) in [7, 11) is 0. The molecule has 37 heavy (non-hydrogen) atoms. The van der Waals surface area contributed by atoms with E-state index in [4.69, 9.17) is 4.74 Å². The van der Waals surface area contributed by atoms with E-state index in [0.29, 0.717) is 23.0 Å². The molecule has 0 saturated heterocycles. The third-order valence-electron chi connectivity index (χ3n) is 5.33. The molecule has 5 aromatic rings. The van der Waals surface area contributed by atoms with Gasteiger partial charge in [0.2, 0.25) is 0 Å². The summed E-state index contributed by atoms with van der Waals surface area (Å²) in [4.78, 5) is 29.7. The number of nitrogens with one attached hydrogen (secondary N) is 1. The molecule has 0 saturated carbocycles. The lowest BCUT2D eigenvalue weighted by Crippen LogP contribution is -2.22. The number of ether oxygens (including phenoxy) is 1. The van der Waals surface area contributed by atoms with E-state index in [0.717, 1.165) is 11.3 Å². The van der Waals surface area contributed by atoms with Gasteiger partial charge >= 0.3 is 5.97 Å². The van der Waals surface area contributed by atoms with Crippen LogP contribution in [-0.4, -0.2) is 43.0 Å². The van der Waals surface area contributed by atoms with Crippen molar-refractivity contribution in [3.8, 4) is 22.8 Å². The highest BCUT2D eigenvalue weighted by atomic mass is 19.1. The van der Waals surface area contributed by atoms with E-state index in [1.54, 1.807) is 17.7 Å². The number of hydrogen-bond acceptors (Lipinski definition) is 6. The molecule has 0 unspecified atom stereocenters. The van der Waals surface area contributed by atoms with Gasteiger partial charge in [0.15, 0.2) is 12.4 Å². The molecule has 5 rings (SSSR count). The Morgan fingerprint density at radius 2 is 1.51 bits per heavy atom. The van der Waals surface area contributed by atoms with E-state index in [1.165, 1.54) is 28.9 Å². The van der Waals surface area contributed by atoms with Gasteiger partial charge in [-0.15, -0.1) is 5.10 Å². The van der Waals surface area contributed by atoms with Crippen molar-refractivity contribution < 1.29 is 18.7 Å². The number of halogens is 1. The third kappa shape index (κ3) is 5.27. The van der Waals surface area contributed by atoms with Crippen LogP contribution in [-0.2, 0) is 9.53 Å². The van der Waals surface area contributed by atoms with Crippen molar-refractivity contribution in [1.82, 2.24) is 24.5 Å². The van der Waals surface area contributed by atoms with Crippen molar-refractivity contribution >= 4 is 17.7 Å². The molecule has 0 bridgehead atoms. The molecule has 2 aromatic heterocycles. The van der Waals surface area contributed by atoms with Crippen LogP contribution in [0.1, 0.15) is 16.3 Å². The second-order valence-corrected chi connectivity index (χ2v) is 8.06. The zero-order valence-electron chi connectivity index (χ0n) is 19.7. The van der Waals surface area contributed by atoms with Crippen LogP contribution in [0.4, 0.5) is 10.2 Å². The van der Waals surface area contributed by atoms with Crippen LogP contribution in [0.25, 0.3) is 22.8 Å². The second-order valence-electron chi connectivity index (χ2n) is 8.06. The largest absolute Gasteiger partial charge is 0.450 e. The van der Waals surface area contributed by atoms with Gasteiger partial charge in [-0.2, -0.15) is 5.10 Å². The summed E-state index contributed by atoms with van der Waals surface area (Å²) in [5.41, 5.74) is 2.68. The predicted molar refractivity (Wildman–Crippen MR) is 134 cm³/mol. The Morgan fingerprint density at radius 1 is 0.865 bits per heavy atom. The van der Waals surface area contributed by atoms with Gasteiger partial charge in [0.05, 0.1) is 17.1 Å². The number of anilines is 1. The SMILES string of the molecule is Cc1cc(NC(=O)COC(=O)c2nc(-c3ccccc3)n(-c3ccccc3)n2)n(-c2ccc(F)cc2)n1. The summed E-state index contributed by atoms with van der Waals surface area (Å²) in [5.74, 6) is -1.18. The van der Waals surface area contributed by atoms with Gasteiger partial charge in [0.25, 0.3) is 11.7 Å². The van der Waals surface area contributed by atoms with Crippen molar-refractivity contribution in [3.63, 3.8) is 0 Å². The molecule has 0 atom stereocenters. The maximum absolute atomic E-state index is 13.3. The van der Waals surface area contributed by atoms with Crippen LogP contribution in [0, 0.1) is 12.7 Å². The Labute approximate surface area is 211 Å². The molecule has 0 spiro atoms. The average molecular weight is 497 g/mol. The lowest BCUT2D eigenvalue weighted by atomic mass is 10.2. The normalized spacial score (nSPS) is 10.8. The Hall–Kier alpha value is -5.12. The van der Waals surface area contributed by atoms with Crippen LogP contribution < -0.4 is 5.32 Å². The van der Waals surface area contributed by atoms with Gasteiger partial charge in [-0.25, -0.2) is 23.5 Å². The van der Waals surface area contributed by atoms with Crippen molar-refractivity contribution in [1.29, 1.82) is 0 Å². The molecule has 10 heteroatoms. The number of carbonyl (C=O) groups excluding carboxylic acids is 2. The number of aryl methyl sites for hydroxylation is 1. The molecule has 0 aliphatic heterocycles.